The number of carbonyl (C=O) groups is 1. The Balaban J connectivity index is 1.98. The van der Waals surface area contributed by atoms with Crippen LogP contribution in [0.15, 0.2) is 41.4 Å². The van der Waals surface area contributed by atoms with Gasteiger partial charge in [-0.05, 0) is 56.6 Å². The molecule has 2 rings (SSSR count). The number of allylic oxidation sites excluding steroid dienone is 1. The molecule has 4 heteroatoms. The number of hydrogen-bond donors (Lipinski definition) is 1. The lowest BCUT2D eigenvalue weighted by Gasteiger charge is -2.26. The van der Waals surface area contributed by atoms with Gasteiger partial charge in [0, 0.05) is 12.3 Å². The molecule has 1 aromatic rings. The standard InChI is InChI=1S/C18H24N2O2/c1-2-6-17(14-20-11-4-3-5-12-20)19-13-15-7-9-16(10-8-15)18(21)22/h2,6-10H,3-5,11-14H2,1H3,(H,21,22)/b6-2-,19-17?. The average Bonchev–Trinajstić information content (AvgIpc) is 2.54. The van der Waals surface area contributed by atoms with Crippen LogP contribution in [0.25, 0.3) is 0 Å². The molecular formula is C18H24N2O2. The van der Waals surface area contributed by atoms with Crippen LogP contribution in [0.2, 0.25) is 0 Å². The highest BCUT2D eigenvalue weighted by Gasteiger charge is 2.11. The van der Waals surface area contributed by atoms with Crippen LogP contribution in [-0.2, 0) is 6.54 Å². The first kappa shape index (κ1) is 16.4. The number of piperidine rings is 1. The molecule has 0 saturated carbocycles. The van der Waals surface area contributed by atoms with Gasteiger partial charge in [-0.2, -0.15) is 0 Å². The summed E-state index contributed by atoms with van der Waals surface area (Å²) in [4.78, 5) is 18.0. The van der Waals surface area contributed by atoms with Crippen molar-refractivity contribution in [3.63, 3.8) is 0 Å². The quantitative estimate of drug-likeness (QED) is 0.819. The Morgan fingerprint density at radius 1 is 1.23 bits per heavy atom. The molecule has 1 aromatic carbocycles. The van der Waals surface area contributed by atoms with E-state index in [9.17, 15) is 4.79 Å². The van der Waals surface area contributed by atoms with Gasteiger partial charge in [-0.1, -0.05) is 24.6 Å². The second-order valence-electron chi connectivity index (χ2n) is 5.65. The lowest BCUT2D eigenvalue weighted by atomic mass is 10.1. The molecule has 118 valence electrons. The minimum atomic E-state index is -0.894. The van der Waals surface area contributed by atoms with Gasteiger partial charge in [0.1, 0.15) is 0 Å². The Hall–Kier alpha value is -1.94. The molecule has 0 atom stereocenters. The van der Waals surface area contributed by atoms with Gasteiger partial charge in [-0.3, -0.25) is 9.89 Å². The first-order valence-corrected chi connectivity index (χ1v) is 7.89. The molecule has 0 unspecified atom stereocenters. The van der Waals surface area contributed by atoms with E-state index in [1.165, 1.54) is 19.3 Å². The minimum Gasteiger partial charge on any atom is -0.478 e. The largest absolute Gasteiger partial charge is 0.478 e. The van der Waals surface area contributed by atoms with E-state index in [4.69, 9.17) is 10.1 Å². The molecule has 0 amide bonds. The van der Waals surface area contributed by atoms with Gasteiger partial charge in [-0.15, -0.1) is 0 Å². The molecule has 1 heterocycles. The van der Waals surface area contributed by atoms with Crippen LogP contribution in [0, 0.1) is 0 Å². The zero-order chi connectivity index (χ0) is 15.8. The van der Waals surface area contributed by atoms with Gasteiger partial charge in [-0.25, -0.2) is 4.79 Å². The summed E-state index contributed by atoms with van der Waals surface area (Å²) in [6.07, 6.45) is 7.98. The van der Waals surface area contributed by atoms with Crippen LogP contribution in [0.5, 0.6) is 0 Å². The number of hydrogen-bond acceptors (Lipinski definition) is 3. The monoisotopic (exact) mass is 300 g/mol. The van der Waals surface area contributed by atoms with Crippen LogP contribution in [0.3, 0.4) is 0 Å². The van der Waals surface area contributed by atoms with E-state index in [1.54, 1.807) is 12.1 Å². The summed E-state index contributed by atoms with van der Waals surface area (Å²) in [6.45, 7) is 5.81. The third kappa shape index (κ3) is 5.11. The number of aromatic carboxylic acids is 1. The maximum Gasteiger partial charge on any atom is 0.335 e. The molecule has 22 heavy (non-hydrogen) atoms. The molecule has 0 spiro atoms. The lowest BCUT2D eigenvalue weighted by Crippen LogP contribution is -2.34. The van der Waals surface area contributed by atoms with Crippen molar-refractivity contribution in [2.75, 3.05) is 19.6 Å². The summed E-state index contributed by atoms with van der Waals surface area (Å²) in [7, 11) is 0. The Labute approximate surface area is 132 Å². The fraction of sp³-hybridized carbons (Fsp3) is 0.444. The van der Waals surface area contributed by atoms with E-state index in [-0.39, 0.29) is 0 Å². The van der Waals surface area contributed by atoms with Crippen LogP contribution < -0.4 is 0 Å². The number of rotatable bonds is 6. The van der Waals surface area contributed by atoms with Gasteiger partial charge < -0.3 is 5.11 Å². The van der Waals surface area contributed by atoms with Gasteiger partial charge >= 0.3 is 5.97 Å². The summed E-state index contributed by atoms with van der Waals surface area (Å²) in [5.41, 5.74) is 2.44. The normalized spacial score (nSPS) is 17.0. The molecule has 0 bridgehead atoms. The molecule has 4 nitrogen and oxygen atoms in total. The summed E-state index contributed by atoms with van der Waals surface area (Å²) in [6, 6.07) is 6.93. The van der Waals surface area contributed by atoms with Gasteiger partial charge in [0.25, 0.3) is 0 Å². The Morgan fingerprint density at radius 3 is 2.50 bits per heavy atom. The van der Waals surface area contributed by atoms with E-state index >= 15 is 0 Å². The fourth-order valence-corrected chi connectivity index (χ4v) is 2.64. The first-order chi connectivity index (χ1) is 10.7. The second kappa shape index (κ2) is 8.49. The van der Waals surface area contributed by atoms with Gasteiger partial charge in [0.15, 0.2) is 0 Å². The van der Waals surface area contributed by atoms with Crippen molar-refractivity contribution < 1.29 is 9.90 Å². The van der Waals surface area contributed by atoms with Crippen molar-refractivity contribution in [2.45, 2.75) is 32.7 Å². The third-order valence-electron chi connectivity index (χ3n) is 3.86. The van der Waals surface area contributed by atoms with Crippen molar-refractivity contribution in [2.24, 2.45) is 4.99 Å². The number of aliphatic imine (C=N–C) groups is 1. The SMILES string of the molecule is C/C=C\C(CN1CCCCC1)=NCc1ccc(C(=O)O)cc1. The van der Waals surface area contributed by atoms with Crippen LogP contribution in [0.1, 0.15) is 42.1 Å². The smallest absolute Gasteiger partial charge is 0.335 e. The van der Waals surface area contributed by atoms with Crippen molar-refractivity contribution in [3.8, 4) is 0 Å². The number of nitrogens with zero attached hydrogens (tertiary/aromatic N) is 2. The van der Waals surface area contributed by atoms with Gasteiger partial charge in [0.05, 0.1) is 12.1 Å². The molecule has 1 aliphatic heterocycles. The van der Waals surface area contributed by atoms with Crippen LogP contribution in [0.4, 0.5) is 0 Å². The molecule has 1 saturated heterocycles. The van der Waals surface area contributed by atoms with Crippen molar-refractivity contribution >= 4 is 11.7 Å². The molecule has 1 N–H and O–H groups in total. The molecular weight excluding hydrogens is 276 g/mol. The second-order valence-corrected chi connectivity index (χ2v) is 5.65. The summed E-state index contributed by atoms with van der Waals surface area (Å²) in [5, 5.41) is 8.90. The molecule has 1 aliphatic rings. The molecule has 1 fully saturated rings. The van der Waals surface area contributed by atoms with Crippen molar-refractivity contribution in [1.82, 2.24) is 4.90 Å². The molecule has 0 aromatic heterocycles. The maximum atomic E-state index is 10.8. The molecule has 0 radical (unpaired) electrons. The van der Waals surface area contributed by atoms with Crippen LogP contribution in [-0.4, -0.2) is 41.3 Å². The number of benzene rings is 1. The van der Waals surface area contributed by atoms with Crippen molar-refractivity contribution in [3.05, 3.63) is 47.5 Å². The Kier molecular flexibility index (Phi) is 6.34. The predicted molar refractivity (Wildman–Crippen MR) is 89.6 cm³/mol. The maximum absolute atomic E-state index is 10.8. The topological polar surface area (TPSA) is 52.9 Å². The first-order valence-electron chi connectivity index (χ1n) is 7.89. The minimum absolute atomic E-state index is 0.315. The van der Waals surface area contributed by atoms with Gasteiger partial charge in [0.2, 0.25) is 0 Å². The van der Waals surface area contributed by atoms with Crippen molar-refractivity contribution in [1.29, 1.82) is 0 Å². The Morgan fingerprint density at radius 2 is 1.91 bits per heavy atom. The highest BCUT2D eigenvalue weighted by atomic mass is 16.4. The molecule has 0 aliphatic carbocycles. The number of likely N-dealkylation sites (tertiary alicyclic amines) is 1. The van der Waals surface area contributed by atoms with E-state index in [0.717, 1.165) is 30.9 Å². The van der Waals surface area contributed by atoms with E-state index < -0.39 is 5.97 Å². The summed E-state index contributed by atoms with van der Waals surface area (Å²) in [5.74, 6) is -0.894. The number of carboxylic acids is 1. The Bertz CT molecular complexity index is 541. The predicted octanol–water partition coefficient (Wildman–Crippen LogP) is 3.39. The zero-order valence-electron chi connectivity index (χ0n) is 13.2. The average molecular weight is 300 g/mol. The summed E-state index contributed by atoms with van der Waals surface area (Å²) < 4.78 is 0. The number of carboxylic acid groups (broad SMARTS) is 1. The highest BCUT2D eigenvalue weighted by molar-refractivity contribution is 5.96. The third-order valence-corrected chi connectivity index (χ3v) is 3.86. The van der Waals surface area contributed by atoms with Crippen LogP contribution >= 0.6 is 0 Å². The zero-order valence-corrected chi connectivity index (χ0v) is 13.2. The lowest BCUT2D eigenvalue weighted by molar-refractivity contribution is 0.0697. The van der Waals surface area contributed by atoms with E-state index in [0.29, 0.717) is 12.1 Å². The van der Waals surface area contributed by atoms with E-state index in [1.807, 2.05) is 25.1 Å². The van der Waals surface area contributed by atoms with E-state index in [2.05, 4.69) is 11.0 Å². The highest BCUT2D eigenvalue weighted by Crippen LogP contribution is 2.10. The summed E-state index contributed by atoms with van der Waals surface area (Å²) >= 11 is 0. The fourth-order valence-electron chi connectivity index (χ4n) is 2.64.